The van der Waals surface area contributed by atoms with Crippen LogP contribution < -0.4 is 18.9 Å². The van der Waals surface area contributed by atoms with Crippen LogP contribution >= 0.6 is 0 Å². The van der Waals surface area contributed by atoms with Crippen molar-refractivity contribution < 1.29 is 22.6 Å². The van der Waals surface area contributed by atoms with E-state index in [0.29, 0.717) is 36.0 Å². The van der Waals surface area contributed by atoms with Gasteiger partial charge in [0.25, 0.3) is 0 Å². The molecule has 26 heavy (non-hydrogen) atoms. The average Bonchev–Trinajstić information content (AvgIpc) is 2.60. The lowest BCUT2D eigenvalue weighted by Crippen LogP contribution is -2.41. The van der Waals surface area contributed by atoms with Crippen LogP contribution in [0.25, 0.3) is 0 Å². The third-order valence-corrected chi connectivity index (χ3v) is 6.14. The van der Waals surface area contributed by atoms with Crippen LogP contribution in [0.15, 0.2) is 41.3 Å². The summed E-state index contributed by atoms with van der Waals surface area (Å²) in [6.07, 6.45) is 0. The number of methoxy groups -OCH3 is 1. The Bertz CT molecular complexity index is 922. The molecule has 140 valence electrons. The van der Waals surface area contributed by atoms with Gasteiger partial charge in [0.2, 0.25) is 10.0 Å². The maximum atomic E-state index is 12.9. The summed E-state index contributed by atoms with van der Waals surface area (Å²) in [5, 5.41) is 0. The van der Waals surface area contributed by atoms with Crippen molar-refractivity contribution in [3.63, 3.8) is 0 Å². The lowest BCUT2D eigenvalue weighted by Gasteiger charge is -2.28. The van der Waals surface area contributed by atoms with Gasteiger partial charge in [0.15, 0.2) is 11.5 Å². The minimum absolute atomic E-state index is 0.226. The standard InChI is InChI=1S/C19H23NO5S/c1-13-11-15(23-4)6-8-18(13)26(21,22)20-19(2,3)14-5-7-16-17(12-14)25-10-9-24-16/h5-8,11-12,20H,9-10H2,1-4H3. The number of rotatable bonds is 5. The van der Waals surface area contributed by atoms with Gasteiger partial charge < -0.3 is 14.2 Å². The molecular formula is C19H23NO5S. The number of fused-ring (bicyclic) bond motifs is 1. The molecule has 0 unspecified atom stereocenters. The minimum atomic E-state index is -3.72. The van der Waals surface area contributed by atoms with E-state index in [1.807, 2.05) is 26.0 Å². The van der Waals surface area contributed by atoms with Gasteiger partial charge in [-0.2, -0.15) is 0 Å². The van der Waals surface area contributed by atoms with E-state index >= 15 is 0 Å². The Morgan fingerprint density at radius 2 is 1.73 bits per heavy atom. The van der Waals surface area contributed by atoms with Gasteiger partial charge in [-0.25, -0.2) is 13.1 Å². The summed E-state index contributed by atoms with van der Waals surface area (Å²) < 4.78 is 44.9. The largest absolute Gasteiger partial charge is 0.497 e. The molecule has 1 heterocycles. The predicted octanol–water partition coefficient (Wildman–Crippen LogP) is 2.99. The predicted molar refractivity (Wildman–Crippen MR) is 98.5 cm³/mol. The van der Waals surface area contributed by atoms with Crippen molar-refractivity contribution in [2.24, 2.45) is 0 Å². The molecule has 0 spiro atoms. The lowest BCUT2D eigenvalue weighted by molar-refractivity contribution is 0.171. The van der Waals surface area contributed by atoms with Gasteiger partial charge in [-0.1, -0.05) is 6.07 Å². The van der Waals surface area contributed by atoms with Crippen molar-refractivity contribution in [1.82, 2.24) is 4.72 Å². The van der Waals surface area contributed by atoms with Crippen LogP contribution in [0.1, 0.15) is 25.0 Å². The SMILES string of the molecule is COc1ccc(S(=O)(=O)NC(C)(C)c2ccc3c(c2)OCCO3)c(C)c1. The van der Waals surface area contributed by atoms with Crippen molar-refractivity contribution in [3.05, 3.63) is 47.5 Å². The fourth-order valence-corrected chi connectivity index (χ4v) is 4.56. The molecule has 7 heteroatoms. The number of ether oxygens (including phenoxy) is 3. The topological polar surface area (TPSA) is 73.9 Å². The molecule has 0 aliphatic carbocycles. The summed E-state index contributed by atoms with van der Waals surface area (Å²) in [5.41, 5.74) is 0.576. The summed E-state index contributed by atoms with van der Waals surface area (Å²) >= 11 is 0. The normalized spacial score (nSPS) is 14.2. The monoisotopic (exact) mass is 377 g/mol. The molecule has 0 amide bonds. The Balaban J connectivity index is 1.90. The second-order valence-corrected chi connectivity index (χ2v) is 8.37. The van der Waals surface area contributed by atoms with Crippen molar-refractivity contribution >= 4 is 10.0 Å². The zero-order chi connectivity index (χ0) is 18.9. The first-order valence-corrected chi connectivity index (χ1v) is 9.80. The Labute approximate surface area is 154 Å². The summed E-state index contributed by atoms with van der Waals surface area (Å²) in [6.45, 7) is 6.37. The Morgan fingerprint density at radius 3 is 2.38 bits per heavy atom. The van der Waals surface area contributed by atoms with Crippen molar-refractivity contribution in [2.75, 3.05) is 20.3 Å². The van der Waals surface area contributed by atoms with Gasteiger partial charge in [0, 0.05) is 0 Å². The van der Waals surface area contributed by atoms with Crippen LogP contribution in [-0.4, -0.2) is 28.7 Å². The number of aryl methyl sites for hydroxylation is 1. The molecule has 0 fully saturated rings. The maximum Gasteiger partial charge on any atom is 0.241 e. The fourth-order valence-electron chi connectivity index (χ4n) is 2.93. The third-order valence-electron chi connectivity index (χ3n) is 4.32. The second kappa shape index (κ2) is 6.81. The van der Waals surface area contributed by atoms with Gasteiger partial charge in [0.05, 0.1) is 17.5 Å². The van der Waals surface area contributed by atoms with Crippen molar-refractivity contribution in [2.45, 2.75) is 31.2 Å². The number of sulfonamides is 1. The number of hydrogen-bond acceptors (Lipinski definition) is 5. The van der Waals surface area contributed by atoms with E-state index in [1.54, 1.807) is 38.3 Å². The van der Waals surface area contributed by atoms with Crippen molar-refractivity contribution in [1.29, 1.82) is 0 Å². The van der Waals surface area contributed by atoms with E-state index in [9.17, 15) is 8.42 Å². The number of hydrogen-bond donors (Lipinski definition) is 1. The first-order valence-electron chi connectivity index (χ1n) is 8.32. The van der Waals surface area contributed by atoms with Crippen LogP contribution in [0.2, 0.25) is 0 Å². The van der Waals surface area contributed by atoms with Gasteiger partial charge in [-0.05, 0) is 62.2 Å². The van der Waals surface area contributed by atoms with E-state index in [2.05, 4.69) is 4.72 Å². The van der Waals surface area contributed by atoms with E-state index in [4.69, 9.17) is 14.2 Å². The molecule has 0 atom stereocenters. The molecule has 2 aromatic carbocycles. The smallest absolute Gasteiger partial charge is 0.241 e. The van der Waals surface area contributed by atoms with Crippen LogP contribution in [0.5, 0.6) is 17.2 Å². The van der Waals surface area contributed by atoms with E-state index in [-0.39, 0.29) is 4.90 Å². The third kappa shape index (κ3) is 3.64. The maximum absolute atomic E-state index is 12.9. The van der Waals surface area contributed by atoms with E-state index < -0.39 is 15.6 Å². The Hall–Kier alpha value is -2.25. The van der Waals surface area contributed by atoms with Gasteiger partial charge in [0.1, 0.15) is 19.0 Å². The molecule has 0 aromatic heterocycles. The second-order valence-electron chi connectivity index (χ2n) is 6.72. The van der Waals surface area contributed by atoms with Crippen LogP contribution in [0.3, 0.4) is 0 Å². The average molecular weight is 377 g/mol. The number of nitrogens with one attached hydrogen (secondary N) is 1. The van der Waals surface area contributed by atoms with Gasteiger partial charge in [-0.3, -0.25) is 0 Å². The molecule has 0 saturated heterocycles. The molecule has 2 aromatic rings. The molecule has 0 bridgehead atoms. The highest BCUT2D eigenvalue weighted by Crippen LogP contribution is 2.35. The molecule has 1 aliphatic rings. The lowest BCUT2D eigenvalue weighted by atomic mass is 9.95. The molecule has 1 N–H and O–H groups in total. The molecule has 6 nitrogen and oxygen atoms in total. The molecule has 1 aliphatic heterocycles. The van der Waals surface area contributed by atoms with E-state index in [1.165, 1.54) is 0 Å². The molecule has 0 radical (unpaired) electrons. The molecule has 3 rings (SSSR count). The zero-order valence-corrected chi connectivity index (χ0v) is 16.1. The quantitative estimate of drug-likeness (QED) is 0.867. The highest BCUT2D eigenvalue weighted by molar-refractivity contribution is 7.89. The summed E-state index contributed by atoms with van der Waals surface area (Å²) in [4.78, 5) is 0.226. The molecular weight excluding hydrogens is 354 g/mol. The fraction of sp³-hybridized carbons (Fsp3) is 0.368. The number of benzene rings is 2. The molecule has 0 saturated carbocycles. The van der Waals surface area contributed by atoms with E-state index in [0.717, 1.165) is 5.56 Å². The minimum Gasteiger partial charge on any atom is -0.497 e. The van der Waals surface area contributed by atoms with Crippen LogP contribution in [0.4, 0.5) is 0 Å². The van der Waals surface area contributed by atoms with Crippen LogP contribution in [-0.2, 0) is 15.6 Å². The summed E-state index contributed by atoms with van der Waals surface area (Å²) in [6, 6.07) is 10.4. The first-order chi connectivity index (χ1) is 12.2. The summed E-state index contributed by atoms with van der Waals surface area (Å²) in [7, 11) is -2.17. The van der Waals surface area contributed by atoms with Gasteiger partial charge in [-0.15, -0.1) is 0 Å². The van der Waals surface area contributed by atoms with Gasteiger partial charge >= 0.3 is 0 Å². The zero-order valence-electron chi connectivity index (χ0n) is 15.3. The first kappa shape index (κ1) is 18.5. The highest BCUT2D eigenvalue weighted by atomic mass is 32.2. The Morgan fingerprint density at radius 1 is 1.04 bits per heavy atom. The van der Waals surface area contributed by atoms with Crippen molar-refractivity contribution in [3.8, 4) is 17.2 Å². The Kier molecular flexibility index (Phi) is 4.86. The highest BCUT2D eigenvalue weighted by Gasteiger charge is 2.30. The van der Waals surface area contributed by atoms with Crippen LogP contribution in [0, 0.1) is 6.92 Å². The summed E-state index contributed by atoms with van der Waals surface area (Å²) in [5.74, 6) is 1.92.